The Morgan fingerprint density at radius 3 is 2.58 bits per heavy atom. The van der Waals surface area contributed by atoms with Crippen LogP contribution in [0, 0.1) is 10.1 Å². The number of aliphatic hydroxyl groups is 1. The molecule has 1 saturated carbocycles. The van der Waals surface area contributed by atoms with Crippen molar-refractivity contribution < 1.29 is 10.0 Å². The summed E-state index contributed by atoms with van der Waals surface area (Å²) < 4.78 is 0. The first kappa shape index (κ1) is 14.0. The van der Waals surface area contributed by atoms with E-state index in [-0.39, 0.29) is 22.8 Å². The molecule has 0 aromatic heterocycles. The van der Waals surface area contributed by atoms with Crippen molar-refractivity contribution in [2.24, 2.45) is 0 Å². The van der Waals surface area contributed by atoms with Gasteiger partial charge in [-0.3, -0.25) is 10.1 Å². The lowest BCUT2D eigenvalue weighted by molar-refractivity contribution is -0.385. The summed E-state index contributed by atoms with van der Waals surface area (Å²) in [6.07, 6.45) is 3.28. The maximum atomic E-state index is 11.0. The molecule has 1 aromatic carbocycles. The highest BCUT2D eigenvalue weighted by Gasteiger charge is 2.23. The van der Waals surface area contributed by atoms with Crippen LogP contribution in [0.1, 0.15) is 44.2 Å². The van der Waals surface area contributed by atoms with Crippen molar-refractivity contribution in [3.8, 4) is 0 Å². The van der Waals surface area contributed by atoms with Gasteiger partial charge in [0.1, 0.15) is 0 Å². The molecule has 0 saturated heterocycles. The minimum Gasteiger partial charge on any atom is -0.393 e. The minimum atomic E-state index is -0.335. The summed E-state index contributed by atoms with van der Waals surface area (Å²) in [6, 6.07) is 7.13. The second-order valence-corrected chi connectivity index (χ2v) is 5.21. The molecule has 1 unspecified atom stereocenters. The maximum absolute atomic E-state index is 11.0. The molecule has 2 rings (SSSR count). The topological polar surface area (TPSA) is 75.4 Å². The number of hydrogen-bond acceptors (Lipinski definition) is 4. The van der Waals surface area contributed by atoms with Crippen LogP contribution in [0.15, 0.2) is 24.3 Å². The summed E-state index contributed by atoms with van der Waals surface area (Å²) in [5.41, 5.74) is 0.886. The third-order valence-corrected chi connectivity index (χ3v) is 3.78. The zero-order valence-electron chi connectivity index (χ0n) is 11.1. The Balaban J connectivity index is 2.03. The third kappa shape index (κ3) is 3.52. The molecule has 1 atom stereocenters. The Morgan fingerprint density at radius 2 is 1.95 bits per heavy atom. The van der Waals surface area contributed by atoms with E-state index in [1.54, 1.807) is 12.1 Å². The van der Waals surface area contributed by atoms with Gasteiger partial charge in [-0.05, 0) is 32.6 Å². The highest BCUT2D eigenvalue weighted by Crippen LogP contribution is 2.27. The monoisotopic (exact) mass is 264 g/mol. The van der Waals surface area contributed by atoms with Crippen LogP contribution >= 0.6 is 0 Å². The molecule has 5 heteroatoms. The molecule has 0 aliphatic heterocycles. The van der Waals surface area contributed by atoms with Gasteiger partial charge in [0.15, 0.2) is 0 Å². The first-order valence-electron chi connectivity index (χ1n) is 6.75. The quantitative estimate of drug-likeness (QED) is 0.647. The Kier molecular flexibility index (Phi) is 4.50. The Hall–Kier alpha value is -1.46. The largest absolute Gasteiger partial charge is 0.393 e. The lowest BCUT2D eigenvalue weighted by atomic mass is 9.92. The Bertz CT molecular complexity index is 442. The van der Waals surface area contributed by atoms with Gasteiger partial charge in [-0.1, -0.05) is 18.2 Å². The van der Waals surface area contributed by atoms with Crippen molar-refractivity contribution in [1.82, 2.24) is 5.32 Å². The molecule has 0 heterocycles. The molecule has 0 radical (unpaired) electrons. The average molecular weight is 264 g/mol. The summed E-state index contributed by atoms with van der Waals surface area (Å²) in [5, 5.41) is 23.9. The first-order valence-corrected chi connectivity index (χ1v) is 6.75. The Morgan fingerprint density at radius 1 is 1.32 bits per heavy atom. The van der Waals surface area contributed by atoms with E-state index in [9.17, 15) is 15.2 Å². The third-order valence-electron chi connectivity index (χ3n) is 3.78. The molecule has 0 amide bonds. The number of hydrogen-bond donors (Lipinski definition) is 2. The molecule has 0 bridgehead atoms. The molecular formula is C14H20N2O3. The summed E-state index contributed by atoms with van der Waals surface area (Å²) in [7, 11) is 0. The van der Waals surface area contributed by atoms with E-state index in [1.807, 2.05) is 13.0 Å². The number of nitrogens with one attached hydrogen (secondary N) is 1. The van der Waals surface area contributed by atoms with Gasteiger partial charge in [-0.15, -0.1) is 0 Å². The highest BCUT2D eigenvalue weighted by atomic mass is 16.6. The van der Waals surface area contributed by atoms with Gasteiger partial charge in [0.25, 0.3) is 5.69 Å². The lowest BCUT2D eigenvalue weighted by Crippen LogP contribution is -2.36. The molecule has 1 aromatic rings. The highest BCUT2D eigenvalue weighted by molar-refractivity contribution is 5.41. The number of aliphatic hydroxyl groups excluding tert-OH is 1. The SMILES string of the molecule is CC(NC1CCC(O)CC1)c1ccccc1[N+](=O)[O-]. The summed E-state index contributed by atoms with van der Waals surface area (Å²) in [4.78, 5) is 10.7. The van der Waals surface area contributed by atoms with Crippen LogP contribution in [0.3, 0.4) is 0 Å². The van der Waals surface area contributed by atoms with Crippen LogP contribution in [0.2, 0.25) is 0 Å². The van der Waals surface area contributed by atoms with Crippen molar-refractivity contribution in [2.45, 2.75) is 50.8 Å². The summed E-state index contributed by atoms with van der Waals surface area (Å²) in [5.74, 6) is 0. The fourth-order valence-corrected chi connectivity index (χ4v) is 2.71. The maximum Gasteiger partial charge on any atom is 0.274 e. The van der Waals surface area contributed by atoms with Crippen molar-refractivity contribution in [1.29, 1.82) is 0 Å². The number of nitro groups is 1. The zero-order chi connectivity index (χ0) is 13.8. The van der Waals surface area contributed by atoms with Gasteiger partial charge in [-0.2, -0.15) is 0 Å². The van der Waals surface area contributed by atoms with Gasteiger partial charge < -0.3 is 10.4 Å². The number of benzene rings is 1. The van der Waals surface area contributed by atoms with E-state index in [4.69, 9.17) is 0 Å². The van der Waals surface area contributed by atoms with Crippen LogP contribution in [0.4, 0.5) is 5.69 Å². The molecule has 104 valence electrons. The number of rotatable bonds is 4. The standard InChI is InChI=1S/C14H20N2O3/c1-10(15-11-6-8-12(17)9-7-11)13-4-2-3-5-14(13)16(18)19/h2-5,10-12,15,17H,6-9H2,1H3. The predicted molar refractivity (Wildman–Crippen MR) is 72.9 cm³/mol. The van der Waals surface area contributed by atoms with E-state index in [2.05, 4.69) is 5.32 Å². The van der Waals surface area contributed by atoms with E-state index in [0.29, 0.717) is 6.04 Å². The fourth-order valence-electron chi connectivity index (χ4n) is 2.71. The van der Waals surface area contributed by atoms with Crippen molar-refractivity contribution >= 4 is 5.69 Å². The second kappa shape index (κ2) is 6.12. The van der Waals surface area contributed by atoms with E-state index in [1.165, 1.54) is 6.07 Å². The molecule has 19 heavy (non-hydrogen) atoms. The first-order chi connectivity index (χ1) is 9.08. The second-order valence-electron chi connectivity index (χ2n) is 5.21. The van der Waals surface area contributed by atoms with Crippen molar-refractivity contribution in [3.05, 3.63) is 39.9 Å². The minimum absolute atomic E-state index is 0.0538. The van der Waals surface area contributed by atoms with Crippen LogP contribution in [0.5, 0.6) is 0 Å². The fraction of sp³-hybridized carbons (Fsp3) is 0.571. The van der Waals surface area contributed by atoms with Crippen LogP contribution in [-0.2, 0) is 0 Å². The molecular weight excluding hydrogens is 244 g/mol. The molecule has 0 spiro atoms. The normalized spacial score (nSPS) is 24.9. The van der Waals surface area contributed by atoms with Gasteiger partial charge >= 0.3 is 0 Å². The smallest absolute Gasteiger partial charge is 0.274 e. The van der Waals surface area contributed by atoms with E-state index < -0.39 is 0 Å². The van der Waals surface area contributed by atoms with Gasteiger partial charge in [0, 0.05) is 23.7 Å². The number of para-hydroxylation sites is 1. The van der Waals surface area contributed by atoms with Gasteiger partial charge in [-0.25, -0.2) is 0 Å². The lowest BCUT2D eigenvalue weighted by Gasteiger charge is -2.29. The van der Waals surface area contributed by atoms with E-state index in [0.717, 1.165) is 31.2 Å². The number of nitro benzene ring substituents is 1. The van der Waals surface area contributed by atoms with E-state index >= 15 is 0 Å². The molecule has 1 fully saturated rings. The summed E-state index contributed by atoms with van der Waals surface area (Å²) in [6.45, 7) is 1.95. The summed E-state index contributed by atoms with van der Waals surface area (Å²) >= 11 is 0. The molecule has 5 nitrogen and oxygen atoms in total. The predicted octanol–water partition coefficient (Wildman–Crippen LogP) is 2.55. The van der Waals surface area contributed by atoms with Crippen LogP contribution < -0.4 is 5.32 Å². The molecule has 2 N–H and O–H groups in total. The van der Waals surface area contributed by atoms with Gasteiger partial charge in [0.2, 0.25) is 0 Å². The molecule has 1 aliphatic carbocycles. The average Bonchev–Trinajstić information content (AvgIpc) is 2.41. The van der Waals surface area contributed by atoms with Crippen LogP contribution in [-0.4, -0.2) is 22.2 Å². The van der Waals surface area contributed by atoms with Crippen LogP contribution in [0.25, 0.3) is 0 Å². The van der Waals surface area contributed by atoms with Gasteiger partial charge in [0.05, 0.1) is 11.0 Å². The van der Waals surface area contributed by atoms with Crippen molar-refractivity contribution in [3.63, 3.8) is 0 Å². The number of nitrogens with zero attached hydrogens (tertiary/aromatic N) is 1. The van der Waals surface area contributed by atoms with Crippen molar-refractivity contribution in [2.75, 3.05) is 0 Å². The Labute approximate surface area is 112 Å². The zero-order valence-corrected chi connectivity index (χ0v) is 11.1. The molecule has 1 aliphatic rings.